The lowest BCUT2D eigenvalue weighted by atomic mass is 9.45. The third-order valence-electron chi connectivity index (χ3n) is 20.5. The van der Waals surface area contributed by atoms with E-state index >= 15 is 0 Å². The number of benzene rings is 12. The molecule has 8 aromatic heterocycles. The van der Waals surface area contributed by atoms with Crippen molar-refractivity contribution in [3.05, 3.63) is 206 Å². The summed E-state index contributed by atoms with van der Waals surface area (Å²) in [7, 11) is 0. The summed E-state index contributed by atoms with van der Waals surface area (Å²) in [6.07, 6.45) is 0. The fourth-order valence-corrected chi connectivity index (χ4v) is 17.6. The minimum atomic E-state index is -0.212. The van der Waals surface area contributed by atoms with Gasteiger partial charge in [0.15, 0.2) is 0 Å². The number of para-hydroxylation sites is 6. The molecule has 0 spiro atoms. The average Bonchev–Trinajstić information content (AvgIpc) is 1.50. The van der Waals surface area contributed by atoms with E-state index in [0.717, 1.165) is 131 Å². The molecule has 0 radical (unpaired) electrons. The summed E-state index contributed by atoms with van der Waals surface area (Å²) in [5.41, 5.74) is 29.0. The summed E-state index contributed by atoms with van der Waals surface area (Å²) in [4.78, 5) is 0. The third-order valence-corrected chi connectivity index (χ3v) is 20.5. The highest BCUT2D eigenvalue weighted by Gasteiger charge is 2.47. The van der Waals surface area contributed by atoms with Gasteiger partial charge < -0.3 is 35.8 Å². The normalized spacial score (nSPS) is 13.9. The lowest BCUT2D eigenvalue weighted by Crippen LogP contribution is -2.55. The molecule has 0 amide bonds. The molecular formula is C74H34B2N4O4. The van der Waals surface area contributed by atoms with Crippen LogP contribution in [0.3, 0.4) is 0 Å². The van der Waals surface area contributed by atoms with Crippen LogP contribution in [0.4, 0.5) is 0 Å². The number of furan rings is 4. The molecule has 10 heteroatoms. The topological polar surface area (TPSA) is 72.3 Å². The highest BCUT2D eigenvalue weighted by molar-refractivity contribution is 6.92. The van der Waals surface area contributed by atoms with Crippen molar-refractivity contribution in [2.75, 3.05) is 0 Å². The van der Waals surface area contributed by atoms with E-state index in [4.69, 9.17) is 17.7 Å². The van der Waals surface area contributed by atoms with Crippen LogP contribution in [0.25, 0.3) is 198 Å². The number of hydrogen-bond donors (Lipinski definition) is 0. The van der Waals surface area contributed by atoms with Gasteiger partial charge in [-0.1, -0.05) is 146 Å². The van der Waals surface area contributed by atoms with Gasteiger partial charge in [-0.2, -0.15) is 0 Å². The molecule has 12 heterocycles. The molecule has 8 nitrogen and oxygen atoms in total. The SMILES string of the molecule is c1cc2c3c(c1)-n1c4ccc5c6ccccc6oc5c4c4c5oc6ccccc6c5cc(c41)B3n1c3c-2cccc3c2c1c1cccc3c1n2B1c2c-3cccc2-n2c3ccc4c5ccccc5oc4c3c3c4oc5ccccc5c4cc1c32. The lowest BCUT2D eigenvalue weighted by molar-refractivity contribution is 0.670. The van der Waals surface area contributed by atoms with Gasteiger partial charge in [-0.05, 0) is 93.6 Å². The number of aromatic nitrogens is 4. The molecule has 0 fully saturated rings. The van der Waals surface area contributed by atoms with Crippen LogP contribution in [0, 0.1) is 0 Å². The predicted octanol–water partition coefficient (Wildman–Crippen LogP) is 16.4. The summed E-state index contributed by atoms with van der Waals surface area (Å²) in [5, 5.41) is 15.6. The maximum absolute atomic E-state index is 7.13. The Hall–Kier alpha value is -11.1. The molecule has 0 aliphatic carbocycles. The number of hydrogen-bond acceptors (Lipinski definition) is 4. The van der Waals surface area contributed by atoms with Gasteiger partial charge in [0.05, 0.1) is 54.6 Å². The molecule has 12 aromatic carbocycles. The van der Waals surface area contributed by atoms with Crippen LogP contribution in [-0.4, -0.2) is 31.8 Å². The quantitative estimate of drug-likeness (QED) is 0.142. The Labute approximate surface area is 472 Å². The van der Waals surface area contributed by atoms with E-state index in [1.807, 2.05) is 0 Å². The van der Waals surface area contributed by atoms with Crippen molar-refractivity contribution < 1.29 is 17.7 Å². The van der Waals surface area contributed by atoms with E-state index in [0.29, 0.717) is 0 Å². The van der Waals surface area contributed by atoms with Crippen molar-refractivity contribution in [2.45, 2.75) is 0 Å². The molecule has 84 heavy (non-hydrogen) atoms. The molecule has 24 rings (SSSR count). The molecular weight excluding hydrogens is 1030 g/mol. The van der Waals surface area contributed by atoms with E-state index in [-0.39, 0.29) is 13.7 Å². The molecule has 0 saturated carbocycles. The van der Waals surface area contributed by atoms with Crippen molar-refractivity contribution >= 4 is 200 Å². The van der Waals surface area contributed by atoms with Gasteiger partial charge in [0.2, 0.25) is 0 Å². The largest absolute Gasteiger partial charge is 0.455 e. The Balaban J connectivity index is 0.887. The first kappa shape index (κ1) is 41.0. The maximum atomic E-state index is 7.13. The van der Waals surface area contributed by atoms with Crippen molar-refractivity contribution in [1.29, 1.82) is 0 Å². The Bertz CT molecular complexity index is 6300. The first-order chi connectivity index (χ1) is 41.7. The summed E-state index contributed by atoms with van der Waals surface area (Å²) >= 11 is 0. The summed E-state index contributed by atoms with van der Waals surface area (Å²) in [6.45, 7) is -0.423. The van der Waals surface area contributed by atoms with E-state index in [1.54, 1.807) is 0 Å². The van der Waals surface area contributed by atoms with E-state index < -0.39 is 0 Å². The lowest BCUT2D eigenvalue weighted by Gasteiger charge is -2.34. The highest BCUT2D eigenvalue weighted by atomic mass is 16.3. The Morgan fingerprint density at radius 1 is 0.262 bits per heavy atom. The van der Waals surface area contributed by atoms with Crippen LogP contribution >= 0.6 is 0 Å². The molecule has 0 atom stereocenters. The van der Waals surface area contributed by atoms with Gasteiger partial charge in [0.1, 0.15) is 44.7 Å². The predicted molar refractivity (Wildman–Crippen MR) is 344 cm³/mol. The summed E-state index contributed by atoms with van der Waals surface area (Å²) < 4.78 is 38.9. The average molecular weight is 1060 g/mol. The number of fused-ring (bicyclic) bond motifs is 35. The first-order valence-electron chi connectivity index (χ1n) is 29.1. The molecule has 4 aliphatic heterocycles. The molecule has 0 unspecified atom stereocenters. The maximum Gasteiger partial charge on any atom is 0.333 e. The summed E-state index contributed by atoms with van der Waals surface area (Å²) in [5.74, 6) is 0. The Morgan fingerprint density at radius 2 is 0.619 bits per heavy atom. The molecule has 0 saturated heterocycles. The van der Waals surface area contributed by atoms with Gasteiger partial charge in [-0.25, -0.2) is 0 Å². The van der Waals surface area contributed by atoms with E-state index in [9.17, 15) is 0 Å². The van der Waals surface area contributed by atoms with E-state index in [1.165, 1.54) is 88.3 Å². The second-order valence-corrected chi connectivity index (χ2v) is 24.0. The van der Waals surface area contributed by atoms with Gasteiger partial charge in [0, 0.05) is 87.4 Å². The van der Waals surface area contributed by atoms with Crippen LogP contribution in [0.5, 0.6) is 0 Å². The molecule has 380 valence electrons. The van der Waals surface area contributed by atoms with Crippen LogP contribution < -0.4 is 21.9 Å². The highest BCUT2D eigenvalue weighted by Crippen LogP contribution is 2.53. The zero-order chi connectivity index (χ0) is 53.4. The van der Waals surface area contributed by atoms with Crippen molar-refractivity contribution in [2.24, 2.45) is 0 Å². The van der Waals surface area contributed by atoms with E-state index in [2.05, 4.69) is 224 Å². The Kier molecular flexibility index (Phi) is 6.49. The number of nitrogens with zero attached hydrogens (tertiary/aromatic N) is 4. The standard InChI is InChI=1S/C74H34B2N4O4/c1-5-25-55-35(13-1)43-29-31-51-59(71(43)81-55)61-69-49(33-47-37-15-3-7-27-57(37)83-73(47)61)75-63-39(17-11-23-53(63)77(51)69)41-19-9-21-45-65(41)79(75)67-46-22-10-20-42-40-18-12-24-54-64(40)76(80(66(42)46)68(45)67)50-34-48-38-16-4-8-28-58(38)84-74(48)62-60-52(78(54)70(50)62)32-30-44-36-14-2-6-26-56(36)82-72(44)60/h1-34H. The van der Waals surface area contributed by atoms with Crippen molar-refractivity contribution in [3.8, 4) is 33.6 Å². The fourth-order valence-electron chi connectivity index (χ4n) is 17.6. The summed E-state index contributed by atoms with van der Waals surface area (Å²) in [6, 6.07) is 76.2. The molecule has 0 bridgehead atoms. The third kappa shape index (κ3) is 4.21. The van der Waals surface area contributed by atoms with Gasteiger partial charge in [-0.3, -0.25) is 0 Å². The zero-order valence-electron chi connectivity index (χ0n) is 44.2. The second-order valence-electron chi connectivity index (χ2n) is 24.0. The second kappa shape index (κ2) is 13.3. The van der Waals surface area contributed by atoms with Crippen LogP contribution in [0.1, 0.15) is 0 Å². The van der Waals surface area contributed by atoms with Crippen molar-refractivity contribution in [1.82, 2.24) is 18.1 Å². The molecule has 0 N–H and O–H groups in total. The molecule has 20 aromatic rings. The zero-order valence-corrected chi connectivity index (χ0v) is 44.2. The monoisotopic (exact) mass is 1060 g/mol. The van der Waals surface area contributed by atoms with Crippen LogP contribution in [-0.2, 0) is 0 Å². The van der Waals surface area contributed by atoms with Gasteiger partial charge >= 0.3 is 13.7 Å². The number of rotatable bonds is 0. The van der Waals surface area contributed by atoms with Crippen molar-refractivity contribution in [3.63, 3.8) is 0 Å². The Morgan fingerprint density at radius 3 is 1.05 bits per heavy atom. The minimum Gasteiger partial charge on any atom is -0.455 e. The first-order valence-corrected chi connectivity index (χ1v) is 29.1. The van der Waals surface area contributed by atoms with Crippen LogP contribution in [0.15, 0.2) is 224 Å². The fraction of sp³-hybridized carbons (Fsp3) is 0. The minimum absolute atomic E-state index is 0.212. The van der Waals surface area contributed by atoms with Gasteiger partial charge in [0.25, 0.3) is 0 Å². The van der Waals surface area contributed by atoms with Gasteiger partial charge in [-0.15, -0.1) is 0 Å². The van der Waals surface area contributed by atoms with Crippen LogP contribution in [0.2, 0.25) is 0 Å². The molecule has 4 aliphatic rings. The smallest absolute Gasteiger partial charge is 0.333 e.